The lowest BCUT2D eigenvalue weighted by molar-refractivity contribution is -0.116. The molecule has 0 aliphatic heterocycles. The maximum Gasteiger partial charge on any atom is 0.278 e. The van der Waals surface area contributed by atoms with Gasteiger partial charge in [0.05, 0.1) is 6.33 Å². The summed E-state index contributed by atoms with van der Waals surface area (Å²) in [7, 11) is 0. The summed E-state index contributed by atoms with van der Waals surface area (Å²) in [6.45, 7) is 4.04. The van der Waals surface area contributed by atoms with E-state index in [9.17, 15) is 9.59 Å². The van der Waals surface area contributed by atoms with Crippen molar-refractivity contribution < 1.29 is 4.79 Å². The van der Waals surface area contributed by atoms with Crippen molar-refractivity contribution in [3.8, 4) is 11.1 Å². The second kappa shape index (κ2) is 7.54. The minimum absolute atomic E-state index is 0.0439. The molecule has 5 rings (SSSR count). The molecule has 0 bridgehead atoms. The minimum atomic E-state index is -0.176. The largest absolute Gasteiger partial charge is 0.332 e. The van der Waals surface area contributed by atoms with Crippen LogP contribution < -0.4 is 10.9 Å². The molecular formula is C25H24N4O2. The van der Waals surface area contributed by atoms with Crippen molar-refractivity contribution in [3.63, 3.8) is 0 Å². The van der Waals surface area contributed by atoms with Crippen LogP contribution in [0.4, 0.5) is 5.69 Å². The number of hydrogen-bond donors (Lipinski definition) is 1. The molecule has 0 saturated heterocycles. The van der Waals surface area contributed by atoms with Crippen LogP contribution in [0.1, 0.15) is 30.0 Å². The van der Waals surface area contributed by atoms with Crippen LogP contribution >= 0.6 is 0 Å². The van der Waals surface area contributed by atoms with Gasteiger partial charge in [-0.25, -0.2) is 4.98 Å². The number of carbonyl (C=O) groups is 1. The number of fused-ring (bicyclic) bond motifs is 1. The molecule has 2 aromatic heterocycles. The van der Waals surface area contributed by atoms with Crippen molar-refractivity contribution in [2.75, 3.05) is 5.32 Å². The van der Waals surface area contributed by atoms with Crippen LogP contribution in [0, 0.1) is 13.8 Å². The maximum absolute atomic E-state index is 13.3. The van der Waals surface area contributed by atoms with Crippen LogP contribution in [0.15, 0.2) is 65.8 Å². The van der Waals surface area contributed by atoms with Crippen LogP contribution in [0.2, 0.25) is 0 Å². The number of aryl methyl sites for hydroxylation is 2. The molecule has 6 nitrogen and oxygen atoms in total. The fraction of sp³-hybridized carbons (Fsp3) is 0.240. The Balaban J connectivity index is 1.56. The van der Waals surface area contributed by atoms with Crippen molar-refractivity contribution in [2.45, 2.75) is 39.3 Å². The van der Waals surface area contributed by atoms with Gasteiger partial charge in [0, 0.05) is 23.5 Å². The predicted molar refractivity (Wildman–Crippen MR) is 122 cm³/mol. The van der Waals surface area contributed by atoms with Gasteiger partial charge in [0.25, 0.3) is 5.56 Å². The Morgan fingerprint density at radius 2 is 1.90 bits per heavy atom. The van der Waals surface area contributed by atoms with Crippen molar-refractivity contribution in [3.05, 3.63) is 82.5 Å². The maximum atomic E-state index is 13.3. The number of amides is 1. The second-order valence-electron chi connectivity index (χ2n) is 8.29. The van der Waals surface area contributed by atoms with E-state index in [0.29, 0.717) is 11.0 Å². The van der Waals surface area contributed by atoms with E-state index in [1.54, 1.807) is 15.5 Å². The molecule has 0 spiro atoms. The van der Waals surface area contributed by atoms with E-state index in [-0.39, 0.29) is 24.1 Å². The zero-order valence-electron chi connectivity index (χ0n) is 17.6. The number of anilines is 1. The summed E-state index contributed by atoms with van der Waals surface area (Å²) in [4.78, 5) is 30.8. The molecule has 1 aliphatic carbocycles. The molecule has 4 aromatic rings. The Labute approximate surface area is 180 Å². The van der Waals surface area contributed by atoms with Gasteiger partial charge < -0.3 is 9.88 Å². The first-order chi connectivity index (χ1) is 15.0. The SMILES string of the molecule is Cc1ccc(NC(=O)Cn2cc(-c3ccccc3)c3ncn(C4CC4)c(=O)c32)c(C)c1. The third-order valence-corrected chi connectivity index (χ3v) is 5.79. The molecule has 2 heterocycles. The van der Waals surface area contributed by atoms with E-state index in [1.807, 2.05) is 68.6 Å². The molecule has 1 fully saturated rings. The molecule has 0 radical (unpaired) electrons. The summed E-state index contributed by atoms with van der Waals surface area (Å²) in [6, 6.07) is 16.0. The van der Waals surface area contributed by atoms with Crippen molar-refractivity contribution in [1.82, 2.24) is 14.1 Å². The summed E-state index contributed by atoms with van der Waals surface area (Å²) < 4.78 is 3.44. The summed E-state index contributed by atoms with van der Waals surface area (Å²) in [6.07, 6.45) is 5.50. The number of benzene rings is 2. The van der Waals surface area contributed by atoms with Crippen LogP contribution in [-0.4, -0.2) is 20.0 Å². The van der Waals surface area contributed by atoms with Gasteiger partial charge >= 0.3 is 0 Å². The number of nitrogens with zero attached hydrogens (tertiary/aromatic N) is 3. The molecule has 0 atom stereocenters. The fourth-order valence-electron chi connectivity index (χ4n) is 4.06. The lowest BCUT2D eigenvalue weighted by Gasteiger charge is -2.10. The summed E-state index contributed by atoms with van der Waals surface area (Å²) in [5.41, 5.74) is 5.78. The molecule has 1 amide bonds. The van der Waals surface area contributed by atoms with Crippen LogP contribution in [-0.2, 0) is 11.3 Å². The van der Waals surface area contributed by atoms with Gasteiger partial charge in [-0.05, 0) is 43.9 Å². The average Bonchev–Trinajstić information content (AvgIpc) is 3.53. The number of hydrogen-bond acceptors (Lipinski definition) is 3. The van der Waals surface area contributed by atoms with E-state index in [4.69, 9.17) is 0 Å². The van der Waals surface area contributed by atoms with Crippen LogP contribution in [0.5, 0.6) is 0 Å². The molecule has 156 valence electrons. The smallest absolute Gasteiger partial charge is 0.278 e. The van der Waals surface area contributed by atoms with Gasteiger partial charge in [0.2, 0.25) is 5.91 Å². The summed E-state index contributed by atoms with van der Waals surface area (Å²) in [5.74, 6) is -0.176. The third kappa shape index (κ3) is 3.65. The molecule has 2 aromatic carbocycles. The Bertz CT molecular complexity index is 1350. The molecule has 0 unspecified atom stereocenters. The molecule has 31 heavy (non-hydrogen) atoms. The molecular weight excluding hydrogens is 388 g/mol. The van der Waals surface area contributed by atoms with Crippen LogP contribution in [0.25, 0.3) is 22.2 Å². The first-order valence-electron chi connectivity index (χ1n) is 10.5. The highest BCUT2D eigenvalue weighted by Gasteiger charge is 2.27. The normalized spacial score (nSPS) is 13.5. The first kappa shape index (κ1) is 19.3. The van der Waals surface area contributed by atoms with Gasteiger partial charge in [0.1, 0.15) is 17.6 Å². The van der Waals surface area contributed by atoms with Gasteiger partial charge in [-0.2, -0.15) is 0 Å². The Kier molecular flexibility index (Phi) is 4.70. The van der Waals surface area contributed by atoms with E-state index >= 15 is 0 Å². The molecule has 6 heteroatoms. The highest BCUT2D eigenvalue weighted by Crippen LogP contribution is 2.34. The number of rotatable bonds is 5. The lowest BCUT2D eigenvalue weighted by Crippen LogP contribution is -2.24. The topological polar surface area (TPSA) is 68.9 Å². The van der Waals surface area contributed by atoms with Gasteiger partial charge in [-0.15, -0.1) is 0 Å². The summed E-state index contributed by atoms with van der Waals surface area (Å²) in [5, 5.41) is 2.98. The lowest BCUT2D eigenvalue weighted by atomic mass is 10.1. The quantitative estimate of drug-likeness (QED) is 0.526. The minimum Gasteiger partial charge on any atom is -0.332 e. The van der Waals surface area contributed by atoms with Crippen molar-refractivity contribution in [1.29, 1.82) is 0 Å². The van der Waals surface area contributed by atoms with E-state index < -0.39 is 0 Å². The summed E-state index contributed by atoms with van der Waals surface area (Å²) >= 11 is 0. The van der Waals surface area contributed by atoms with E-state index in [2.05, 4.69) is 10.3 Å². The number of nitrogens with one attached hydrogen (secondary N) is 1. The van der Waals surface area contributed by atoms with E-state index in [1.165, 1.54) is 0 Å². The average molecular weight is 412 g/mol. The zero-order valence-corrected chi connectivity index (χ0v) is 17.6. The molecule has 1 saturated carbocycles. The first-order valence-corrected chi connectivity index (χ1v) is 10.5. The van der Waals surface area contributed by atoms with Gasteiger partial charge in [-0.3, -0.25) is 14.2 Å². The standard InChI is InChI=1S/C25H24N4O2/c1-16-8-11-21(17(2)12-16)27-22(30)14-28-13-20(18-6-4-3-5-7-18)23-24(28)25(31)29(15-26-23)19-9-10-19/h3-8,11-13,15,19H,9-10,14H2,1-2H3,(H,27,30). The number of carbonyl (C=O) groups excluding carboxylic acids is 1. The van der Waals surface area contributed by atoms with Gasteiger partial charge in [0.15, 0.2) is 0 Å². The van der Waals surface area contributed by atoms with Crippen molar-refractivity contribution >= 4 is 22.6 Å². The fourth-order valence-corrected chi connectivity index (χ4v) is 4.06. The Hall–Kier alpha value is -3.67. The molecule has 1 N–H and O–H groups in total. The Morgan fingerprint density at radius 3 is 2.61 bits per heavy atom. The number of aromatic nitrogens is 3. The van der Waals surface area contributed by atoms with Crippen molar-refractivity contribution in [2.24, 2.45) is 0 Å². The monoisotopic (exact) mass is 412 g/mol. The predicted octanol–water partition coefficient (Wildman–Crippen LogP) is 4.46. The molecule has 1 aliphatic rings. The van der Waals surface area contributed by atoms with Crippen LogP contribution in [0.3, 0.4) is 0 Å². The van der Waals surface area contributed by atoms with Gasteiger partial charge in [-0.1, -0.05) is 48.0 Å². The highest BCUT2D eigenvalue weighted by molar-refractivity contribution is 5.96. The third-order valence-electron chi connectivity index (χ3n) is 5.79. The second-order valence-corrected chi connectivity index (χ2v) is 8.29. The zero-order chi connectivity index (χ0) is 21.5. The Morgan fingerprint density at radius 1 is 1.13 bits per heavy atom. The highest BCUT2D eigenvalue weighted by atomic mass is 16.2. The van der Waals surface area contributed by atoms with E-state index in [0.717, 1.165) is 40.8 Å².